The Kier molecular flexibility index (Phi) is 6.10. The van der Waals surface area contributed by atoms with Crippen LogP contribution in [0.15, 0.2) is 47.8 Å². The summed E-state index contributed by atoms with van der Waals surface area (Å²) in [5.74, 6) is -3.32. The van der Waals surface area contributed by atoms with Crippen LogP contribution in [0.25, 0.3) is 10.6 Å². The molecule has 0 aliphatic heterocycles. The molecule has 5 nitrogen and oxygen atoms in total. The zero-order valence-electron chi connectivity index (χ0n) is 14.9. The van der Waals surface area contributed by atoms with Gasteiger partial charge >= 0.3 is 5.97 Å². The number of hydrogen-bond donors (Lipinski definition) is 1. The lowest BCUT2D eigenvalue weighted by atomic mass is 10.1. The minimum absolute atomic E-state index is 0.107. The molecule has 0 atom stereocenters. The number of esters is 1. The number of thiazole rings is 1. The molecular weight excluding hydrogens is 386 g/mol. The van der Waals surface area contributed by atoms with Crippen LogP contribution in [0.2, 0.25) is 0 Å². The van der Waals surface area contributed by atoms with Crippen LogP contribution in [0.4, 0.5) is 14.5 Å². The van der Waals surface area contributed by atoms with Gasteiger partial charge in [-0.1, -0.05) is 29.8 Å². The predicted octanol–water partition coefficient (Wildman–Crippen LogP) is 4.12. The number of rotatable bonds is 6. The first-order chi connectivity index (χ1) is 13.4. The number of carbonyl (C=O) groups excluding carboxylic acids is 2. The third-order valence-corrected chi connectivity index (χ3v) is 4.67. The van der Waals surface area contributed by atoms with E-state index in [9.17, 15) is 18.4 Å². The molecule has 0 radical (unpaired) electrons. The Morgan fingerprint density at radius 2 is 1.86 bits per heavy atom. The predicted molar refractivity (Wildman–Crippen MR) is 102 cm³/mol. The maximum absolute atomic E-state index is 13.5. The highest BCUT2D eigenvalue weighted by Gasteiger charge is 2.15. The van der Waals surface area contributed by atoms with E-state index in [4.69, 9.17) is 4.74 Å². The summed E-state index contributed by atoms with van der Waals surface area (Å²) in [6.45, 7) is 1.33. The number of aryl methyl sites for hydroxylation is 1. The Morgan fingerprint density at radius 1 is 1.14 bits per heavy atom. The van der Waals surface area contributed by atoms with E-state index in [1.165, 1.54) is 17.4 Å². The molecule has 28 heavy (non-hydrogen) atoms. The van der Waals surface area contributed by atoms with Gasteiger partial charge in [-0.15, -0.1) is 11.3 Å². The van der Waals surface area contributed by atoms with E-state index in [0.717, 1.165) is 28.3 Å². The van der Waals surface area contributed by atoms with Crippen molar-refractivity contribution in [2.75, 3.05) is 11.9 Å². The number of para-hydroxylation sites is 1. The number of amides is 1. The quantitative estimate of drug-likeness (QED) is 0.630. The van der Waals surface area contributed by atoms with E-state index < -0.39 is 35.8 Å². The first-order valence-corrected chi connectivity index (χ1v) is 9.21. The van der Waals surface area contributed by atoms with Crippen molar-refractivity contribution in [3.05, 3.63) is 70.7 Å². The SMILES string of the molecule is Cc1cccc(-c2nc(CC(=O)OCC(=O)Nc3c(F)cccc3F)cs2)c1. The van der Waals surface area contributed by atoms with E-state index in [1.807, 2.05) is 36.5 Å². The molecule has 3 rings (SSSR count). The van der Waals surface area contributed by atoms with E-state index >= 15 is 0 Å². The molecule has 1 N–H and O–H groups in total. The van der Waals surface area contributed by atoms with Crippen LogP contribution in [-0.4, -0.2) is 23.5 Å². The van der Waals surface area contributed by atoms with Crippen molar-refractivity contribution in [2.24, 2.45) is 0 Å². The highest BCUT2D eigenvalue weighted by atomic mass is 32.1. The second-order valence-electron chi connectivity index (χ2n) is 6.00. The van der Waals surface area contributed by atoms with Gasteiger partial charge in [-0.2, -0.15) is 0 Å². The number of nitrogens with zero attached hydrogens (tertiary/aromatic N) is 1. The van der Waals surface area contributed by atoms with Crippen LogP contribution in [0.3, 0.4) is 0 Å². The molecule has 0 aliphatic rings. The number of nitrogens with one attached hydrogen (secondary N) is 1. The molecule has 0 saturated heterocycles. The average Bonchev–Trinajstić information content (AvgIpc) is 3.12. The van der Waals surface area contributed by atoms with Gasteiger partial charge in [0.2, 0.25) is 0 Å². The largest absolute Gasteiger partial charge is 0.455 e. The molecule has 0 saturated carbocycles. The molecule has 0 fully saturated rings. The Bertz CT molecular complexity index is 1000. The second-order valence-corrected chi connectivity index (χ2v) is 6.85. The summed E-state index contributed by atoms with van der Waals surface area (Å²) >= 11 is 1.40. The number of benzene rings is 2. The first kappa shape index (κ1) is 19.6. The molecule has 2 aromatic carbocycles. The first-order valence-electron chi connectivity index (χ1n) is 8.33. The van der Waals surface area contributed by atoms with E-state index in [1.54, 1.807) is 5.38 Å². The van der Waals surface area contributed by atoms with Gasteiger partial charge in [-0.05, 0) is 25.1 Å². The Balaban J connectivity index is 1.53. The van der Waals surface area contributed by atoms with Gasteiger partial charge in [0.25, 0.3) is 5.91 Å². The minimum Gasteiger partial charge on any atom is -0.455 e. The number of aromatic nitrogens is 1. The third-order valence-electron chi connectivity index (χ3n) is 3.73. The summed E-state index contributed by atoms with van der Waals surface area (Å²) in [5, 5.41) is 4.57. The van der Waals surface area contributed by atoms with Gasteiger partial charge in [0.05, 0.1) is 12.1 Å². The minimum atomic E-state index is -0.911. The fourth-order valence-electron chi connectivity index (χ4n) is 2.44. The molecule has 1 aromatic heterocycles. The van der Waals surface area contributed by atoms with Crippen molar-refractivity contribution in [3.63, 3.8) is 0 Å². The van der Waals surface area contributed by atoms with Crippen molar-refractivity contribution in [1.82, 2.24) is 4.98 Å². The van der Waals surface area contributed by atoms with Gasteiger partial charge in [-0.25, -0.2) is 13.8 Å². The number of halogens is 2. The van der Waals surface area contributed by atoms with E-state index in [0.29, 0.717) is 5.69 Å². The fraction of sp³-hybridized carbons (Fsp3) is 0.150. The standard InChI is InChI=1S/C20H16F2N2O3S/c1-12-4-2-5-13(8-12)20-23-14(11-28-20)9-18(26)27-10-17(25)24-19-15(21)6-3-7-16(19)22/h2-8,11H,9-10H2,1H3,(H,24,25). The Hall–Kier alpha value is -3.13. The highest BCUT2D eigenvalue weighted by molar-refractivity contribution is 7.13. The molecule has 144 valence electrons. The topological polar surface area (TPSA) is 68.3 Å². The van der Waals surface area contributed by atoms with Crippen LogP contribution in [0.1, 0.15) is 11.3 Å². The maximum Gasteiger partial charge on any atom is 0.312 e. The fourth-order valence-corrected chi connectivity index (χ4v) is 3.25. The molecule has 0 bridgehead atoms. The zero-order chi connectivity index (χ0) is 20.1. The summed E-state index contributed by atoms with van der Waals surface area (Å²) < 4.78 is 31.9. The summed E-state index contributed by atoms with van der Waals surface area (Å²) in [4.78, 5) is 28.1. The summed E-state index contributed by atoms with van der Waals surface area (Å²) in [6.07, 6.45) is -0.107. The van der Waals surface area contributed by atoms with E-state index in [-0.39, 0.29) is 6.42 Å². The lowest BCUT2D eigenvalue weighted by Crippen LogP contribution is -2.22. The molecule has 8 heteroatoms. The number of hydrogen-bond acceptors (Lipinski definition) is 5. The molecule has 1 heterocycles. The van der Waals surface area contributed by atoms with Gasteiger partial charge in [0.1, 0.15) is 22.3 Å². The summed E-state index contributed by atoms with van der Waals surface area (Å²) in [6, 6.07) is 11.0. The number of carbonyl (C=O) groups is 2. The molecule has 0 spiro atoms. The van der Waals surface area contributed by atoms with Crippen LogP contribution < -0.4 is 5.32 Å². The van der Waals surface area contributed by atoms with Crippen LogP contribution in [0.5, 0.6) is 0 Å². The van der Waals surface area contributed by atoms with Crippen LogP contribution in [-0.2, 0) is 20.7 Å². The van der Waals surface area contributed by atoms with Gasteiger partial charge in [-0.3, -0.25) is 9.59 Å². The van der Waals surface area contributed by atoms with Gasteiger partial charge in [0.15, 0.2) is 6.61 Å². The Morgan fingerprint density at radius 3 is 2.57 bits per heavy atom. The molecule has 0 aliphatic carbocycles. The Labute approximate surface area is 164 Å². The number of anilines is 1. The van der Waals surface area contributed by atoms with Crippen molar-refractivity contribution in [1.29, 1.82) is 0 Å². The summed E-state index contributed by atoms with van der Waals surface area (Å²) in [7, 11) is 0. The zero-order valence-corrected chi connectivity index (χ0v) is 15.7. The molecule has 3 aromatic rings. The second kappa shape index (κ2) is 8.71. The average molecular weight is 402 g/mol. The monoisotopic (exact) mass is 402 g/mol. The normalized spacial score (nSPS) is 10.5. The van der Waals surface area contributed by atoms with Gasteiger partial charge < -0.3 is 10.1 Å². The van der Waals surface area contributed by atoms with Crippen molar-refractivity contribution >= 4 is 28.9 Å². The van der Waals surface area contributed by atoms with Crippen molar-refractivity contribution in [2.45, 2.75) is 13.3 Å². The van der Waals surface area contributed by atoms with Gasteiger partial charge in [0, 0.05) is 10.9 Å². The smallest absolute Gasteiger partial charge is 0.312 e. The van der Waals surface area contributed by atoms with Crippen molar-refractivity contribution in [3.8, 4) is 10.6 Å². The summed E-state index contributed by atoms with van der Waals surface area (Å²) in [5.41, 5.74) is 2.00. The van der Waals surface area contributed by atoms with Crippen molar-refractivity contribution < 1.29 is 23.1 Å². The lowest BCUT2D eigenvalue weighted by Gasteiger charge is -2.08. The molecular formula is C20H16F2N2O3S. The van der Waals surface area contributed by atoms with E-state index in [2.05, 4.69) is 4.98 Å². The third kappa shape index (κ3) is 4.98. The highest BCUT2D eigenvalue weighted by Crippen LogP contribution is 2.24. The number of ether oxygens (including phenoxy) is 1. The molecule has 1 amide bonds. The van der Waals surface area contributed by atoms with Crippen LogP contribution >= 0.6 is 11.3 Å². The maximum atomic E-state index is 13.5. The van der Waals surface area contributed by atoms with Crippen LogP contribution in [0, 0.1) is 18.6 Å². The lowest BCUT2D eigenvalue weighted by molar-refractivity contribution is -0.146. The molecule has 0 unspecified atom stereocenters.